The quantitative estimate of drug-likeness (QED) is 0.633. The summed E-state index contributed by atoms with van der Waals surface area (Å²) in [4.78, 5) is 0. The molecule has 0 spiro atoms. The van der Waals surface area contributed by atoms with Gasteiger partial charge in [0.15, 0.2) is 0 Å². The van der Waals surface area contributed by atoms with Gasteiger partial charge in [-0.25, -0.2) is 0 Å². The summed E-state index contributed by atoms with van der Waals surface area (Å²) >= 11 is 0. The van der Waals surface area contributed by atoms with Crippen molar-refractivity contribution in [1.82, 2.24) is 0 Å². The Morgan fingerprint density at radius 3 is 2.47 bits per heavy atom. The largest absolute Gasteiger partial charge is 0.491 e. The summed E-state index contributed by atoms with van der Waals surface area (Å²) in [6.07, 6.45) is 8.19. The van der Waals surface area contributed by atoms with Crippen LogP contribution < -0.4 is 10.5 Å². The number of rotatable bonds is 6. The van der Waals surface area contributed by atoms with Crippen molar-refractivity contribution < 1.29 is 9.47 Å². The molecule has 1 aromatic carbocycles. The van der Waals surface area contributed by atoms with Crippen LogP contribution in [-0.2, 0) is 11.3 Å². The van der Waals surface area contributed by atoms with Crippen molar-refractivity contribution in [3.8, 4) is 5.75 Å². The van der Waals surface area contributed by atoms with E-state index in [2.05, 4.69) is 0 Å². The number of benzene rings is 1. The van der Waals surface area contributed by atoms with Crippen molar-refractivity contribution in [1.29, 1.82) is 0 Å². The minimum atomic E-state index is 0.441. The second-order valence-corrected chi connectivity index (χ2v) is 5.14. The fourth-order valence-corrected chi connectivity index (χ4v) is 2.59. The van der Waals surface area contributed by atoms with Gasteiger partial charge >= 0.3 is 0 Å². The molecular weight excluding hydrogens is 238 g/mol. The van der Waals surface area contributed by atoms with E-state index in [1.54, 1.807) is 0 Å². The highest BCUT2D eigenvalue weighted by Gasteiger charge is 2.12. The highest BCUT2D eigenvalue weighted by Crippen LogP contribution is 2.20. The summed E-state index contributed by atoms with van der Waals surface area (Å²) in [6.45, 7) is 1.79. The summed E-state index contributed by atoms with van der Waals surface area (Å²) in [5.41, 5.74) is 6.73. The Labute approximate surface area is 116 Å². The van der Waals surface area contributed by atoms with Gasteiger partial charge in [0.2, 0.25) is 0 Å². The molecule has 1 aliphatic rings. The molecule has 0 saturated heterocycles. The molecule has 1 saturated carbocycles. The molecule has 19 heavy (non-hydrogen) atoms. The van der Waals surface area contributed by atoms with Crippen molar-refractivity contribution in [2.24, 2.45) is 5.73 Å². The Morgan fingerprint density at radius 2 is 1.74 bits per heavy atom. The lowest BCUT2D eigenvalue weighted by atomic mass is 10.1. The molecule has 1 aliphatic carbocycles. The van der Waals surface area contributed by atoms with E-state index in [9.17, 15) is 0 Å². The van der Waals surface area contributed by atoms with E-state index in [0.29, 0.717) is 25.9 Å². The van der Waals surface area contributed by atoms with Gasteiger partial charge < -0.3 is 15.2 Å². The molecule has 3 nitrogen and oxygen atoms in total. The molecule has 0 atom stereocenters. The highest BCUT2D eigenvalue weighted by molar-refractivity contribution is 5.32. The lowest BCUT2D eigenvalue weighted by Gasteiger charge is -2.16. The molecule has 0 amide bonds. The Morgan fingerprint density at radius 1 is 1.00 bits per heavy atom. The van der Waals surface area contributed by atoms with Crippen LogP contribution in [0.4, 0.5) is 0 Å². The number of para-hydroxylation sites is 1. The standard InChI is InChI=1S/C16H25NO2/c17-13-14-7-5-6-10-16(14)19-12-11-18-15-8-3-1-2-4-9-15/h5-7,10,15H,1-4,8-9,11-13,17H2. The zero-order chi connectivity index (χ0) is 13.3. The smallest absolute Gasteiger partial charge is 0.123 e. The van der Waals surface area contributed by atoms with Crippen molar-refractivity contribution in [2.45, 2.75) is 51.2 Å². The Bertz CT molecular complexity index is 360. The maximum atomic E-state index is 5.90. The van der Waals surface area contributed by atoms with Crippen molar-refractivity contribution in [3.63, 3.8) is 0 Å². The van der Waals surface area contributed by atoms with E-state index in [0.717, 1.165) is 11.3 Å². The lowest BCUT2D eigenvalue weighted by molar-refractivity contribution is 0.0253. The fraction of sp³-hybridized carbons (Fsp3) is 0.625. The van der Waals surface area contributed by atoms with Crippen LogP contribution in [0.25, 0.3) is 0 Å². The van der Waals surface area contributed by atoms with Crippen LogP contribution in [0.3, 0.4) is 0 Å². The maximum Gasteiger partial charge on any atom is 0.123 e. The molecule has 0 unspecified atom stereocenters. The average molecular weight is 263 g/mol. The normalized spacial score (nSPS) is 17.1. The molecule has 0 heterocycles. The SMILES string of the molecule is NCc1ccccc1OCCOC1CCCCCC1. The van der Waals surface area contributed by atoms with Gasteiger partial charge in [-0.05, 0) is 18.9 Å². The Kier molecular flexibility index (Phi) is 6.18. The summed E-state index contributed by atoms with van der Waals surface area (Å²) in [6, 6.07) is 7.92. The number of ether oxygens (including phenoxy) is 2. The first kappa shape index (κ1) is 14.4. The van der Waals surface area contributed by atoms with E-state index in [1.165, 1.54) is 38.5 Å². The van der Waals surface area contributed by atoms with Gasteiger partial charge in [-0.3, -0.25) is 0 Å². The third-order valence-electron chi connectivity index (χ3n) is 3.69. The van der Waals surface area contributed by atoms with Crippen LogP contribution in [0.1, 0.15) is 44.1 Å². The zero-order valence-corrected chi connectivity index (χ0v) is 11.6. The van der Waals surface area contributed by atoms with Gasteiger partial charge in [-0.15, -0.1) is 0 Å². The molecule has 106 valence electrons. The van der Waals surface area contributed by atoms with Crippen molar-refractivity contribution >= 4 is 0 Å². The molecule has 0 bridgehead atoms. The maximum absolute atomic E-state index is 5.90. The molecule has 2 N–H and O–H groups in total. The van der Waals surface area contributed by atoms with Gasteiger partial charge in [0.05, 0.1) is 12.7 Å². The molecule has 1 aromatic rings. The molecule has 0 aromatic heterocycles. The number of hydrogen-bond donors (Lipinski definition) is 1. The van der Waals surface area contributed by atoms with Gasteiger partial charge in [-0.1, -0.05) is 43.9 Å². The molecule has 0 aliphatic heterocycles. The van der Waals surface area contributed by atoms with Gasteiger partial charge in [0.1, 0.15) is 12.4 Å². The van der Waals surface area contributed by atoms with Crippen LogP contribution in [-0.4, -0.2) is 19.3 Å². The Balaban J connectivity index is 1.68. The van der Waals surface area contributed by atoms with E-state index in [1.807, 2.05) is 24.3 Å². The summed E-state index contributed by atoms with van der Waals surface area (Å²) in [5.74, 6) is 0.884. The molecule has 0 radical (unpaired) electrons. The number of hydrogen-bond acceptors (Lipinski definition) is 3. The topological polar surface area (TPSA) is 44.5 Å². The highest BCUT2D eigenvalue weighted by atomic mass is 16.5. The first-order valence-electron chi connectivity index (χ1n) is 7.42. The zero-order valence-electron chi connectivity index (χ0n) is 11.6. The van der Waals surface area contributed by atoms with Gasteiger partial charge in [0, 0.05) is 12.1 Å². The van der Waals surface area contributed by atoms with E-state index < -0.39 is 0 Å². The van der Waals surface area contributed by atoms with Crippen molar-refractivity contribution in [3.05, 3.63) is 29.8 Å². The molecule has 2 rings (SSSR count). The minimum absolute atomic E-state index is 0.441. The lowest BCUT2D eigenvalue weighted by Crippen LogP contribution is -2.17. The average Bonchev–Trinajstić information content (AvgIpc) is 2.72. The molecular formula is C16H25NO2. The first-order chi connectivity index (χ1) is 9.40. The van der Waals surface area contributed by atoms with E-state index in [4.69, 9.17) is 15.2 Å². The van der Waals surface area contributed by atoms with E-state index >= 15 is 0 Å². The monoisotopic (exact) mass is 263 g/mol. The van der Waals surface area contributed by atoms with Crippen LogP contribution in [0.5, 0.6) is 5.75 Å². The molecule has 1 fully saturated rings. The van der Waals surface area contributed by atoms with Crippen LogP contribution in [0, 0.1) is 0 Å². The molecule has 3 heteroatoms. The van der Waals surface area contributed by atoms with Gasteiger partial charge in [-0.2, -0.15) is 0 Å². The number of nitrogens with two attached hydrogens (primary N) is 1. The van der Waals surface area contributed by atoms with Crippen LogP contribution in [0.2, 0.25) is 0 Å². The van der Waals surface area contributed by atoms with E-state index in [-0.39, 0.29) is 0 Å². The van der Waals surface area contributed by atoms with Crippen LogP contribution in [0.15, 0.2) is 24.3 Å². The predicted octanol–water partition coefficient (Wildman–Crippen LogP) is 3.26. The summed E-state index contributed by atoms with van der Waals surface area (Å²) in [5, 5.41) is 0. The first-order valence-corrected chi connectivity index (χ1v) is 7.42. The second kappa shape index (κ2) is 8.18. The summed E-state index contributed by atoms with van der Waals surface area (Å²) in [7, 11) is 0. The summed E-state index contributed by atoms with van der Waals surface area (Å²) < 4.78 is 11.6. The second-order valence-electron chi connectivity index (χ2n) is 5.14. The van der Waals surface area contributed by atoms with Crippen molar-refractivity contribution in [2.75, 3.05) is 13.2 Å². The third-order valence-corrected chi connectivity index (χ3v) is 3.69. The Hall–Kier alpha value is -1.06. The fourth-order valence-electron chi connectivity index (χ4n) is 2.59. The third kappa shape index (κ3) is 4.84. The van der Waals surface area contributed by atoms with Crippen LogP contribution >= 0.6 is 0 Å². The minimum Gasteiger partial charge on any atom is -0.491 e. The predicted molar refractivity (Wildman–Crippen MR) is 77.3 cm³/mol. The van der Waals surface area contributed by atoms with Gasteiger partial charge in [0.25, 0.3) is 0 Å².